The van der Waals surface area contributed by atoms with Crippen LogP contribution in [0, 0.1) is 5.41 Å². The van der Waals surface area contributed by atoms with E-state index in [2.05, 4.69) is 6.58 Å². The topological polar surface area (TPSA) is 49.8 Å². The molecule has 0 aliphatic carbocycles. The predicted molar refractivity (Wildman–Crippen MR) is 71.4 cm³/mol. The van der Waals surface area contributed by atoms with E-state index in [1.807, 2.05) is 34.6 Å². The molecular formula is C14H25NO3. The molecule has 1 unspecified atom stereocenters. The molecular weight excluding hydrogens is 230 g/mol. The number of rotatable bonds is 2. The molecule has 0 aromatic rings. The number of amides is 1. The second kappa shape index (κ2) is 4.57. The molecule has 104 valence electrons. The molecule has 1 rings (SSSR count). The zero-order valence-electron chi connectivity index (χ0n) is 12.1. The standard InChI is InChI=1S/C14H25NO3/c1-7-13(5,6)14(17)8-9-15(10-14)11(16)18-12(2,3)4/h7,17H,1,8-10H2,2-6H3. The summed E-state index contributed by atoms with van der Waals surface area (Å²) in [6.07, 6.45) is 1.93. The average Bonchev–Trinajstić information content (AvgIpc) is 2.60. The maximum atomic E-state index is 11.9. The summed E-state index contributed by atoms with van der Waals surface area (Å²) in [5.74, 6) is 0. The summed E-state index contributed by atoms with van der Waals surface area (Å²) >= 11 is 0. The molecule has 0 aromatic heterocycles. The first kappa shape index (κ1) is 15.0. The van der Waals surface area contributed by atoms with Crippen LogP contribution in [0.2, 0.25) is 0 Å². The largest absolute Gasteiger partial charge is 0.444 e. The lowest BCUT2D eigenvalue weighted by Crippen LogP contribution is -2.47. The Morgan fingerprint density at radius 1 is 1.39 bits per heavy atom. The lowest BCUT2D eigenvalue weighted by Gasteiger charge is -2.37. The number of likely N-dealkylation sites (tertiary alicyclic amines) is 1. The van der Waals surface area contributed by atoms with Crippen LogP contribution in [0.4, 0.5) is 4.79 Å². The van der Waals surface area contributed by atoms with Gasteiger partial charge in [0.1, 0.15) is 5.60 Å². The van der Waals surface area contributed by atoms with Gasteiger partial charge in [0.15, 0.2) is 0 Å². The minimum Gasteiger partial charge on any atom is -0.444 e. The van der Waals surface area contributed by atoms with Crippen molar-refractivity contribution in [3.63, 3.8) is 0 Å². The zero-order valence-corrected chi connectivity index (χ0v) is 12.1. The molecule has 0 radical (unpaired) electrons. The van der Waals surface area contributed by atoms with E-state index in [0.29, 0.717) is 19.5 Å². The molecule has 1 N–H and O–H groups in total. The quantitative estimate of drug-likeness (QED) is 0.771. The lowest BCUT2D eigenvalue weighted by atomic mass is 9.74. The van der Waals surface area contributed by atoms with Gasteiger partial charge in [-0.05, 0) is 27.2 Å². The molecule has 1 heterocycles. The van der Waals surface area contributed by atoms with E-state index in [4.69, 9.17) is 4.74 Å². The smallest absolute Gasteiger partial charge is 0.410 e. The van der Waals surface area contributed by atoms with Gasteiger partial charge in [-0.3, -0.25) is 0 Å². The lowest BCUT2D eigenvalue weighted by molar-refractivity contribution is -0.0356. The minimum atomic E-state index is -0.925. The Hall–Kier alpha value is -1.03. The summed E-state index contributed by atoms with van der Waals surface area (Å²) < 4.78 is 5.31. The van der Waals surface area contributed by atoms with E-state index in [1.54, 1.807) is 11.0 Å². The Balaban J connectivity index is 2.72. The van der Waals surface area contributed by atoms with Crippen molar-refractivity contribution in [3.05, 3.63) is 12.7 Å². The zero-order chi connectivity index (χ0) is 14.2. The highest BCUT2D eigenvalue weighted by Gasteiger charge is 2.48. The highest BCUT2D eigenvalue weighted by Crippen LogP contribution is 2.39. The number of β-amino-alcohol motifs (C(OH)–C–C–N with tert-alkyl or cyclic N) is 1. The highest BCUT2D eigenvalue weighted by atomic mass is 16.6. The molecule has 1 aliphatic rings. The van der Waals surface area contributed by atoms with Crippen LogP contribution in [0.25, 0.3) is 0 Å². The SMILES string of the molecule is C=CC(C)(C)C1(O)CCN(C(=O)OC(C)(C)C)C1. The Morgan fingerprint density at radius 2 is 1.94 bits per heavy atom. The number of hydrogen-bond donors (Lipinski definition) is 1. The normalized spacial score (nSPS) is 25.1. The maximum Gasteiger partial charge on any atom is 0.410 e. The van der Waals surface area contributed by atoms with Crippen molar-refractivity contribution in [1.82, 2.24) is 4.90 Å². The molecule has 1 saturated heterocycles. The van der Waals surface area contributed by atoms with Crippen molar-refractivity contribution >= 4 is 6.09 Å². The number of hydrogen-bond acceptors (Lipinski definition) is 3. The summed E-state index contributed by atoms with van der Waals surface area (Å²) in [5, 5.41) is 10.6. The van der Waals surface area contributed by atoms with Gasteiger partial charge in [-0.15, -0.1) is 6.58 Å². The van der Waals surface area contributed by atoms with Crippen molar-refractivity contribution in [1.29, 1.82) is 0 Å². The van der Waals surface area contributed by atoms with E-state index in [1.165, 1.54) is 0 Å². The first-order chi connectivity index (χ1) is 8.01. The number of nitrogens with zero attached hydrogens (tertiary/aromatic N) is 1. The van der Waals surface area contributed by atoms with Gasteiger partial charge in [0, 0.05) is 12.0 Å². The van der Waals surface area contributed by atoms with E-state index in [9.17, 15) is 9.90 Å². The highest BCUT2D eigenvalue weighted by molar-refractivity contribution is 5.68. The molecule has 1 fully saturated rings. The van der Waals surface area contributed by atoms with Gasteiger partial charge < -0.3 is 14.7 Å². The summed E-state index contributed by atoms with van der Waals surface area (Å²) in [7, 11) is 0. The van der Waals surface area contributed by atoms with Crippen LogP contribution in [0.15, 0.2) is 12.7 Å². The van der Waals surface area contributed by atoms with E-state index in [-0.39, 0.29) is 6.09 Å². The van der Waals surface area contributed by atoms with Crippen LogP contribution in [-0.4, -0.2) is 40.4 Å². The van der Waals surface area contributed by atoms with Crippen LogP contribution in [0.5, 0.6) is 0 Å². The number of carbonyl (C=O) groups excluding carboxylic acids is 1. The van der Waals surface area contributed by atoms with Crippen LogP contribution in [0.3, 0.4) is 0 Å². The van der Waals surface area contributed by atoms with Crippen molar-refractivity contribution in [2.75, 3.05) is 13.1 Å². The molecule has 0 spiro atoms. The molecule has 4 nitrogen and oxygen atoms in total. The molecule has 1 amide bonds. The van der Waals surface area contributed by atoms with Gasteiger partial charge in [0.05, 0.1) is 12.1 Å². The van der Waals surface area contributed by atoms with Gasteiger partial charge >= 0.3 is 6.09 Å². The van der Waals surface area contributed by atoms with Crippen LogP contribution < -0.4 is 0 Å². The molecule has 1 atom stereocenters. The van der Waals surface area contributed by atoms with Crippen LogP contribution in [-0.2, 0) is 4.74 Å². The van der Waals surface area contributed by atoms with Crippen molar-refractivity contribution in [3.8, 4) is 0 Å². The molecule has 4 heteroatoms. The number of carbonyl (C=O) groups is 1. The average molecular weight is 255 g/mol. The fraction of sp³-hybridized carbons (Fsp3) is 0.786. The third kappa shape index (κ3) is 3.05. The second-order valence-electron chi connectivity index (χ2n) is 6.61. The van der Waals surface area contributed by atoms with Crippen molar-refractivity contribution < 1.29 is 14.6 Å². The van der Waals surface area contributed by atoms with E-state index >= 15 is 0 Å². The van der Waals surface area contributed by atoms with E-state index < -0.39 is 16.6 Å². The van der Waals surface area contributed by atoms with Crippen LogP contribution >= 0.6 is 0 Å². The number of ether oxygens (including phenoxy) is 1. The first-order valence-electron chi connectivity index (χ1n) is 6.35. The monoisotopic (exact) mass is 255 g/mol. The Morgan fingerprint density at radius 3 is 2.39 bits per heavy atom. The maximum absolute atomic E-state index is 11.9. The molecule has 0 aromatic carbocycles. The van der Waals surface area contributed by atoms with Gasteiger partial charge in [-0.25, -0.2) is 4.79 Å². The number of aliphatic hydroxyl groups is 1. The molecule has 1 aliphatic heterocycles. The fourth-order valence-corrected chi connectivity index (χ4v) is 1.99. The minimum absolute atomic E-state index is 0.293. The second-order valence-corrected chi connectivity index (χ2v) is 6.61. The fourth-order valence-electron chi connectivity index (χ4n) is 1.99. The predicted octanol–water partition coefficient (Wildman–Crippen LogP) is 2.57. The first-order valence-corrected chi connectivity index (χ1v) is 6.35. The molecule has 0 bridgehead atoms. The molecule has 0 saturated carbocycles. The summed E-state index contributed by atoms with van der Waals surface area (Å²) in [4.78, 5) is 13.5. The Labute approximate surface area is 110 Å². The summed E-state index contributed by atoms with van der Waals surface area (Å²) in [6, 6.07) is 0. The molecule has 18 heavy (non-hydrogen) atoms. The third-order valence-corrected chi connectivity index (χ3v) is 3.61. The van der Waals surface area contributed by atoms with Crippen LogP contribution in [0.1, 0.15) is 41.0 Å². The van der Waals surface area contributed by atoms with Gasteiger partial charge in [0.25, 0.3) is 0 Å². The van der Waals surface area contributed by atoms with E-state index in [0.717, 1.165) is 0 Å². The van der Waals surface area contributed by atoms with Crippen molar-refractivity contribution in [2.45, 2.75) is 52.2 Å². The van der Waals surface area contributed by atoms with Gasteiger partial charge in [0.2, 0.25) is 0 Å². The third-order valence-electron chi connectivity index (χ3n) is 3.61. The van der Waals surface area contributed by atoms with Crippen molar-refractivity contribution in [2.24, 2.45) is 5.41 Å². The summed E-state index contributed by atoms with van der Waals surface area (Å²) in [5.41, 5.74) is -1.86. The van der Waals surface area contributed by atoms with Gasteiger partial charge in [-0.1, -0.05) is 19.9 Å². The Kier molecular flexibility index (Phi) is 3.82. The van der Waals surface area contributed by atoms with Gasteiger partial charge in [-0.2, -0.15) is 0 Å². The summed E-state index contributed by atoms with van der Waals surface area (Å²) in [6.45, 7) is 13.9. The Bertz CT molecular complexity index is 343.